The summed E-state index contributed by atoms with van der Waals surface area (Å²) in [7, 11) is 0. The van der Waals surface area contributed by atoms with Gasteiger partial charge in [0.25, 0.3) is 0 Å². The molecule has 154 valence electrons. The van der Waals surface area contributed by atoms with Crippen LogP contribution in [0.25, 0.3) is 0 Å². The Balaban J connectivity index is 1.58. The van der Waals surface area contributed by atoms with E-state index in [0.29, 0.717) is 29.1 Å². The normalized spacial score (nSPS) is 39.4. The van der Waals surface area contributed by atoms with Crippen LogP contribution in [0.2, 0.25) is 0 Å². The molecule has 0 N–H and O–H groups in total. The van der Waals surface area contributed by atoms with Crippen LogP contribution in [0.1, 0.15) is 60.8 Å². The molecule has 0 heterocycles. The SMILES string of the molecule is CC(C)C(C(C)C)[C@@H]1CCC(C(C)(C)C2C3C=CC=CC3C3C=CC=CC32)C1. The molecule has 4 aliphatic carbocycles. The van der Waals surface area contributed by atoms with Gasteiger partial charge in [-0.05, 0) is 83.9 Å². The topological polar surface area (TPSA) is 0 Å². The average molecular weight is 379 g/mol. The van der Waals surface area contributed by atoms with Gasteiger partial charge in [0.2, 0.25) is 0 Å². The van der Waals surface area contributed by atoms with E-state index in [4.69, 9.17) is 0 Å². The summed E-state index contributed by atoms with van der Waals surface area (Å²) >= 11 is 0. The Labute approximate surface area is 174 Å². The molecule has 0 aromatic carbocycles. The Morgan fingerprint density at radius 3 is 1.61 bits per heavy atom. The maximum Gasteiger partial charge on any atom is -0.00954 e. The summed E-state index contributed by atoms with van der Waals surface area (Å²) in [5, 5.41) is 0. The summed E-state index contributed by atoms with van der Waals surface area (Å²) < 4.78 is 0. The lowest BCUT2D eigenvalue weighted by molar-refractivity contribution is 0.0670. The first-order chi connectivity index (χ1) is 13.3. The zero-order chi connectivity index (χ0) is 20.1. The number of allylic oxidation sites excluding steroid dienone is 8. The molecule has 4 aliphatic rings. The summed E-state index contributed by atoms with van der Waals surface area (Å²) in [5.41, 5.74) is 0.403. The van der Waals surface area contributed by atoms with Crippen LogP contribution in [0.4, 0.5) is 0 Å². The summed E-state index contributed by atoms with van der Waals surface area (Å²) in [6, 6.07) is 0. The first-order valence-electron chi connectivity index (χ1n) is 12.0. The van der Waals surface area contributed by atoms with Gasteiger partial charge < -0.3 is 0 Å². The van der Waals surface area contributed by atoms with Crippen molar-refractivity contribution in [2.24, 2.45) is 64.6 Å². The summed E-state index contributed by atoms with van der Waals surface area (Å²) in [4.78, 5) is 0. The number of hydrogen-bond acceptors (Lipinski definition) is 0. The molecular formula is C28H42. The lowest BCUT2D eigenvalue weighted by Crippen LogP contribution is -2.38. The number of fused-ring (bicyclic) bond motifs is 3. The van der Waals surface area contributed by atoms with Gasteiger partial charge >= 0.3 is 0 Å². The van der Waals surface area contributed by atoms with Gasteiger partial charge in [-0.15, -0.1) is 0 Å². The molecule has 0 amide bonds. The highest BCUT2D eigenvalue weighted by Gasteiger charge is 2.55. The highest BCUT2D eigenvalue weighted by molar-refractivity contribution is 5.29. The molecule has 0 aliphatic heterocycles. The monoisotopic (exact) mass is 378 g/mol. The van der Waals surface area contributed by atoms with Gasteiger partial charge in [0.1, 0.15) is 0 Å². The third-order valence-electron chi connectivity index (χ3n) is 9.19. The minimum absolute atomic E-state index is 0.403. The van der Waals surface area contributed by atoms with E-state index in [2.05, 4.69) is 90.2 Å². The average Bonchev–Trinajstić information content (AvgIpc) is 3.24. The predicted octanol–water partition coefficient (Wildman–Crippen LogP) is 7.70. The van der Waals surface area contributed by atoms with Crippen LogP contribution in [0.15, 0.2) is 48.6 Å². The molecule has 0 radical (unpaired) electrons. The van der Waals surface area contributed by atoms with Gasteiger partial charge in [-0.3, -0.25) is 0 Å². The van der Waals surface area contributed by atoms with E-state index in [1.807, 2.05) is 0 Å². The van der Waals surface area contributed by atoms with Crippen LogP contribution in [0.3, 0.4) is 0 Å². The molecule has 0 aromatic heterocycles. The molecule has 6 atom stereocenters. The Morgan fingerprint density at radius 1 is 0.679 bits per heavy atom. The molecule has 0 spiro atoms. The van der Waals surface area contributed by atoms with Crippen LogP contribution in [0.5, 0.6) is 0 Å². The van der Waals surface area contributed by atoms with Crippen LogP contribution in [-0.2, 0) is 0 Å². The van der Waals surface area contributed by atoms with Crippen molar-refractivity contribution >= 4 is 0 Å². The zero-order valence-corrected chi connectivity index (χ0v) is 19.0. The van der Waals surface area contributed by atoms with Gasteiger partial charge in [0, 0.05) is 0 Å². The maximum absolute atomic E-state index is 2.63. The Bertz CT molecular complexity index is 628. The molecule has 5 unspecified atom stereocenters. The van der Waals surface area contributed by atoms with Crippen LogP contribution in [0, 0.1) is 64.6 Å². The molecule has 0 nitrogen and oxygen atoms in total. The molecule has 0 saturated heterocycles. The number of hydrogen-bond donors (Lipinski definition) is 0. The smallest absolute Gasteiger partial charge is 0.00954 e. The van der Waals surface area contributed by atoms with Gasteiger partial charge in [-0.1, -0.05) is 90.2 Å². The first kappa shape index (κ1) is 20.2. The molecular weight excluding hydrogens is 336 g/mol. The fourth-order valence-electron chi connectivity index (χ4n) is 8.19. The van der Waals surface area contributed by atoms with Crippen molar-refractivity contribution in [2.45, 2.75) is 60.8 Å². The van der Waals surface area contributed by atoms with Crippen LogP contribution in [-0.4, -0.2) is 0 Å². The Hall–Kier alpha value is -1.04. The standard InChI is InChI=1S/C28H42/c1-18(2)26(19(3)4)20-15-16-21(17-20)28(5,6)27-24-13-9-7-11-22(24)23-12-8-10-14-25(23)27/h7-14,18-27H,15-17H2,1-6H3/t20-,21?,22?,23?,24?,25?,27?/m1/s1. The van der Waals surface area contributed by atoms with Crippen molar-refractivity contribution in [3.8, 4) is 0 Å². The number of rotatable bonds is 5. The predicted molar refractivity (Wildman–Crippen MR) is 122 cm³/mol. The fraction of sp³-hybridized carbons (Fsp3) is 0.714. The molecule has 0 bridgehead atoms. The minimum atomic E-state index is 0.403. The highest BCUT2D eigenvalue weighted by atomic mass is 14.6. The third kappa shape index (κ3) is 3.29. The Kier molecular flexibility index (Phi) is 5.54. The quantitative estimate of drug-likeness (QED) is 0.459. The second kappa shape index (κ2) is 7.66. The first-order valence-corrected chi connectivity index (χ1v) is 12.0. The van der Waals surface area contributed by atoms with Gasteiger partial charge in [-0.2, -0.15) is 0 Å². The van der Waals surface area contributed by atoms with Crippen LogP contribution >= 0.6 is 0 Å². The van der Waals surface area contributed by atoms with E-state index in [0.717, 1.165) is 35.5 Å². The lowest BCUT2D eigenvalue weighted by atomic mass is 9.61. The summed E-state index contributed by atoms with van der Waals surface area (Å²) in [6.45, 7) is 15.1. The molecule has 0 heteroatoms. The van der Waals surface area contributed by atoms with E-state index < -0.39 is 0 Å². The molecule has 4 rings (SSSR count). The minimum Gasteiger partial charge on any atom is -0.0805 e. The van der Waals surface area contributed by atoms with Gasteiger partial charge in [-0.25, -0.2) is 0 Å². The van der Waals surface area contributed by atoms with Gasteiger partial charge in [0.05, 0.1) is 0 Å². The second-order valence-electron chi connectivity index (χ2n) is 11.5. The molecule has 0 aromatic rings. The largest absolute Gasteiger partial charge is 0.0805 e. The Morgan fingerprint density at radius 2 is 1.14 bits per heavy atom. The van der Waals surface area contributed by atoms with Gasteiger partial charge in [0.15, 0.2) is 0 Å². The van der Waals surface area contributed by atoms with E-state index >= 15 is 0 Å². The fourth-order valence-corrected chi connectivity index (χ4v) is 8.19. The molecule has 2 saturated carbocycles. The van der Waals surface area contributed by atoms with Crippen molar-refractivity contribution in [3.05, 3.63) is 48.6 Å². The second-order valence-corrected chi connectivity index (χ2v) is 11.5. The lowest BCUT2D eigenvalue weighted by Gasteiger charge is -2.44. The van der Waals surface area contributed by atoms with E-state index in [1.165, 1.54) is 19.3 Å². The van der Waals surface area contributed by atoms with Crippen LogP contribution < -0.4 is 0 Å². The van der Waals surface area contributed by atoms with Crippen molar-refractivity contribution in [3.63, 3.8) is 0 Å². The summed E-state index contributed by atoms with van der Waals surface area (Å²) in [5.74, 6) is 7.93. The molecule has 28 heavy (non-hydrogen) atoms. The maximum atomic E-state index is 2.63. The van der Waals surface area contributed by atoms with Crippen molar-refractivity contribution in [1.82, 2.24) is 0 Å². The highest BCUT2D eigenvalue weighted by Crippen LogP contribution is 2.61. The zero-order valence-electron chi connectivity index (χ0n) is 19.0. The van der Waals surface area contributed by atoms with E-state index in [-0.39, 0.29) is 0 Å². The summed E-state index contributed by atoms with van der Waals surface area (Å²) in [6.07, 6.45) is 23.7. The van der Waals surface area contributed by atoms with Crippen molar-refractivity contribution in [1.29, 1.82) is 0 Å². The van der Waals surface area contributed by atoms with E-state index in [9.17, 15) is 0 Å². The third-order valence-corrected chi connectivity index (χ3v) is 9.19. The van der Waals surface area contributed by atoms with E-state index in [1.54, 1.807) is 0 Å². The van der Waals surface area contributed by atoms with Crippen molar-refractivity contribution in [2.75, 3.05) is 0 Å². The molecule has 2 fully saturated rings. The van der Waals surface area contributed by atoms with Crippen molar-refractivity contribution < 1.29 is 0 Å².